The smallest absolute Gasteiger partial charge is 0.243 e. The highest BCUT2D eigenvalue weighted by Gasteiger charge is 2.34. The van der Waals surface area contributed by atoms with Gasteiger partial charge in [0.05, 0.1) is 25.0 Å². The number of ether oxygens (including phenoxy) is 2. The molecule has 1 N–H and O–H groups in total. The lowest BCUT2D eigenvalue weighted by Gasteiger charge is -2.17. The highest BCUT2D eigenvalue weighted by atomic mass is 32.2. The van der Waals surface area contributed by atoms with E-state index in [0.29, 0.717) is 49.8 Å². The number of methoxy groups -OCH3 is 2. The van der Waals surface area contributed by atoms with Gasteiger partial charge in [-0.3, -0.25) is 9.59 Å². The number of nitrogens with zero attached hydrogens (tertiary/aromatic N) is 2. The van der Waals surface area contributed by atoms with Crippen molar-refractivity contribution < 1.29 is 27.5 Å². The monoisotopic (exact) mass is 501 g/mol. The Balaban J connectivity index is 1.32. The van der Waals surface area contributed by atoms with Gasteiger partial charge in [-0.05, 0) is 61.2 Å². The quantitative estimate of drug-likeness (QED) is 0.566. The van der Waals surface area contributed by atoms with E-state index >= 15 is 0 Å². The van der Waals surface area contributed by atoms with Gasteiger partial charge in [0.2, 0.25) is 21.8 Å². The number of hydrogen-bond acceptors (Lipinski definition) is 6. The molecule has 0 radical (unpaired) electrons. The van der Waals surface area contributed by atoms with Crippen LogP contribution in [0.25, 0.3) is 0 Å². The van der Waals surface area contributed by atoms with Crippen LogP contribution in [0.2, 0.25) is 0 Å². The first kappa shape index (κ1) is 25.0. The third-order valence-electron chi connectivity index (χ3n) is 6.53. The lowest BCUT2D eigenvalue weighted by atomic mass is 10.1. The molecule has 0 bridgehead atoms. The maximum absolute atomic E-state index is 12.8. The van der Waals surface area contributed by atoms with Crippen LogP contribution in [0.3, 0.4) is 0 Å². The Bertz CT molecular complexity index is 1180. The zero-order valence-corrected chi connectivity index (χ0v) is 20.8. The standard InChI is InChI=1S/C25H31N3O6S/c1-33-22-10-5-18(15-23(22)34-2)11-14-27-17-19(16-24(27)29)25(30)26-20-6-8-21(9-7-20)35(31,32)28-12-3-4-13-28/h5-10,15,19H,3-4,11-14,16-17H2,1-2H3,(H,26,30)/t19-/m1/s1. The Kier molecular flexibility index (Phi) is 7.61. The first-order valence-corrected chi connectivity index (χ1v) is 13.2. The predicted molar refractivity (Wildman–Crippen MR) is 131 cm³/mol. The molecule has 35 heavy (non-hydrogen) atoms. The summed E-state index contributed by atoms with van der Waals surface area (Å²) in [7, 11) is -0.339. The van der Waals surface area contributed by atoms with Gasteiger partial charge < -0.3 is 19.7 Å². The molecular weight excluding hydrogens is 470 g/mol. The fourth-order valence-electron chi connectivity index (χ4n) is 4.50. The molecule has 2 heterocycles. The van der Waals surface area contributed by atoms with E-state index in [9.17, 15) is 18.0 Å². The molecule has 4 rings (SSSR count). The molecule has 0 aromatic heterocycles. The number of rotatable bonds is 9. The number of benzene rings is 2. The van der Waals surface area contributed by atoms with Crippen LogP contribution in [0.15, 0.2) is 47.4 Å². The minimum Gasteiger partial charge on any atom is -0.493 e. The van der Waals surface area contributed by atoms with E-state index < -0.39 is 15.9 Å². The molecule has 10 heteroatoms. The van der Waals surface area contributed by atoms with Crippen molar-refractivity contribution in [1.29, 1.82) is 0 Å². The van der Waals surface area contributed by atoms with Gasteiger partial charge in [0.1, 0.15) is 0 Å². The summed E-state index contributed by atoms with van der Waals surface area (Å²) in [5.74, 6) is 0.516. The van der Waals surface area contributed by atoms with Crippen LogP contribution in [0.4, 0.5) is 5.69 Å². The average Bonchev–Trinajstić information content (AvgIpc) is 3.53. The Labute approximate surface area is 206 Å². The fourth-order valence-corrected chi connectivity index (χ4v) is 6.01. The SMILES string of the molecule is COc1ccc(CCN2C[C@H](C(=O)Nc3ccc(S(=O)(=O)N4CCCC4)cc3)CC2=O)cc1OC. The van der Waals surface area contributed by atoms with Gasteiger partial charge in [-0.1, -0.05) is 6.07 Å². The number of hydrogen-bond donors (Lipinski definition) is 1. The maximum Gasteiger partial charge on any atom is 0.243 e. The summed E-state index contributed by atoms with van der Waals surface area (Å²) < 4.78 is 37.4. The second-order valence-electron chi connectivity index (χ2n) is 8.80. The molecule has 2 saturated heterocycles. The van der Waals surface area contributed by atoms with Crippen molar-refractivity contribution in [3.8, 4) is 11.5 Å². The van der Waals surface area contributed by atoms with Crippen molar-refractivity contribution in [2.45, 2.75) is 30.6 Å². The summed E-state index contributed by atoms with van der Waals surface area (Å²) >= 11 is 0. The second kappa shape index (κ2) is 10.7. The van der Waals surface area contributed by atoms with Gasteiger partial charge in [-0.2, -0.15) is 4.31 Å². The van der Waals surface area contributed by atoms with Crippen molar-refractivity contribution in [2.75, 3.05) is 45.7 Å². The first-order valence-electron chi connectivity index (χ1n) is 11.7. The van der Waals surface area contributed by atoms with Crippen molar-refractivity contribution in [1.82, 2.24) is 9.21 Å². The number of likely N-dealkylation sites (tertiary alicyclic amines) is 1. The zero-order chi connectivity index (χ0) is 25.0. The summed E-state index contributed by atoms with van der Waals surface area (Å²) in [5, 5.41) is 2.82. The molecule has 0 unspecified atom stereocenters. The van der Waals surface area contributed by atoms with Gasteiger partial charge in [-0.25, -0.2) is 8.42 Å². The zero-order valence-electron chi connectivity index (χ0n) is 20.0. The Morgan fingerprint density at radius 1 is 1.03 bits per heavy atom. The van der Waals surface area contributed by atoms with Crippen molar-refractivity contribution >= 4 is 27.5 Å². The van der Waals surface area contributed by atoms with Crippen LogP contribution in [-0.2, 0) is 26.0 Å². The highest BCUT2D eigenvalue weighted by Crippen LogP contribution is 2.28. The van der Waals surface area contributed by atoms with Crippen molar-refractivity contribution in [2.24, 2.45) is 5.92 Å². The number of anilines is 1. The Morgan fingerprint density at radius 2 is 1.71 bits per heavy atom. The third-order valence-corrected chi connectivity index (χ3v) is 8.44. The van der Waals surface area contributed by atoms with E-state index in [1.807, 2.05) is 18.2 Å². The Hall–Kier alpha value is -3.11. The number of sulfonamides is 1. The van der Waals surface area contributed by atoms with E-state index in [1.54, 1.807) is 31.3 Å². The minimum absolute atomic E-state index is 0.0577. The number of nitrogens with one attached hydrogen (secondary N) is 1. The summed E-state index contributed by atoms with van der Waals surface area (Å²) in [6.07, 6.45) is 2.53. The summed E-state index contributed by atoms with van der Waals surface area (Å²) in [6, 6.07) is 11.9. The highest BCUT2D eigenvalue weighted by molar-refractivity contribution is 7.89. The summed E-state index contributed by atoms with van der Waals surface area (Å²) in [4.78, 5) is 27.2. The molecule has 2 aliphatic heterocycles. The minimum atomic E-state index is -3.50. The van der Waals surface area contributed by atoms with E-state index in [2.05, 4.69) is 5.32 Å². The fraction of sp³-hybridized carbons (Fsp3) is 0.440. The van der Waals surface area contributed by atoms with Gasteiger partial charge in [0.15, 0.2) is 11.5 Å². The summed E-state index contributed by atoms with van der Waals surface area (Å²) in [5.41, 5.74) is 1.51. The van der Waals surface area contributed by atoms with Crippen molar-refractivity contribution in [3.63, 3.8) is 0 Å². The molecular formula is C25H31N3O6S. The third kappa shape index (κ3) is 5.59. The molecule has 0 saturated carbocycles. The van der Waals surface area contributed by atoms with E-state index in [-0.39, 0.29) is 23.1 Å². The number of amides is 2. The van der Waals surface area contributed by atoms with Gasteiger partial charge >= 0.3 is 0 Å². The van der Waals surface area contributed by atoms with Gasteiger partial charge in [0, 0.05) is 38.3 Å². The second-order valence-corrected chi connectivity index (χ2v) is 10.7. The van der Waals surface area contributed by atoms with Crippen LogP contribution >= 0.6 is 0 Å². The lowest BCUT2D eigenvalue weighted by Crippen LogP contribution is -2.30. The molecule has 2 aromatic carbocycles. The number of carbonyl (C=O) groups excluding carboxylic acids is 2. The summed E-state index contributed by atoms with van der Waals surface area (Å²) in [6.45, 7) is 1.93. The van der Waals surface area contributed by atoms with Crippen LogP contribution < -0.4 is 14.8 Å². The lowest BCUT2D eigenvalue weighted by molar-refractivity contribution is -0.128. The maximum atomic E-state index is 12.8. The topological polar surface area (TPSA) is 105 Å². The van der Waals surface area contributed by atoms with Crippen LogP contribution in [0.5, 0.6) is 11.5 Å². The average molecular weight is 502 g/mol. The largest absolute Gasteiger partial charge is 0.493 e. The predicted octanol–water partition coefficient (Wildman–Crippen LogP) is 2.52. The molecule has 2 amide bonds. The van der Waals surface area contributed by atoms with Crippen LogP contribution in [0.1, 0.15) is 24.8 Å². The molecule has 188 valence electrons. The molecule has 2 aromatic rings. The molecule has 0 spiro atoms. The van der Waals surface area contributed by atoms with Crippen LogP contribution in [0, 0.1) is 5.92 Å². The van der Waals surface area contributed by atoms with Gasteiger partial charge in [0.25, 0.3) is 0 Å². The van der Waals surface area contributed by atoms with E-state index in [4.69, 9.17) is 9.47 Å². The van der Waals surface area contributed by atoms with E-state index in [1.165, 1.54) is 16.4 Å². The Morgan fingerprint density at radius 3 is 2.37 bits per heavy atom. The van der Waals surface area contributed by atoms with E-state index in [0.717, 1.165) is 18.4 Å². The number of carbonyl (C=O) groups is 2. The first-order chi connectivity index (χ1) is 16.8. The molecule has 0 aliphatic carbocycles. The van der Waals surface area contributed by atoms with Crippen molar-refractivity contribution in [3.05, 3.63) is 48.0 Å². The molecule has 2 fully saturated rings. The molecule has 9 nitrogen and oxygen atoms in total. The molecule has 1 atom stereocenters. The van der Waals surface area contributed by atoms with Gasteiger partial charge in [-0.15, -0.1) is 0 Å². The molecule has 2 aliphatic rings. The normalized spacial score (nSPS) is 18.6. The van der Waals surface area contributed by atoms with Crippen LogP contribution in [-0.4, -0.2) is 69.8 Å².